The molecule has 0 aromatic heterocycles. The number of halogens is 6. The van der Waals surface area contributed by atoms with Gasteiger partial charge in [-0.15, -0.1) is 0 Å². The van der Waals surface area contributed by atoms with Crippen molar-refractivity contribution < 1.29 is 41.0 Å². The Morgan fingerprint density at radius 1 is 1.09 bits per heavy atom. The zero-order chi connectivity index (χ0) is 18.4. The van der Waals surface area contributed by atoms with E-state index in [9.17, 15) is 41.0 Å². The number of Topliss-reactive ketones (excluding diaryl/α,β-unsaturated/α-hetero) is 1. The van der Waals surface area contributed by atoms with E-state index in [0.717, 1.165) is 5.32 Å². The van der Waals surface area contributed by atoms with Crippen LogP contribution in [0.15, 0.2) is 11.3 Å². The van der Waals surface area contributed by atoms with E-state index < -0.39 is 59.2 Å². The van der Waals surface area contributed by atoms with Crippen LogP contribution in [0.3, 0.4) is 0 Å². The third-order valence-electron chi connectivity index (χ3n) is 3.44. The van der Waals surface area contributed by atoms with Gasteiger partial charge in [-0.1, -0.05) is 13.8 Å². The Labute approximate surface area is 127 Å². The van der Waals surface area contributed by atoms with Crippen LogP contribution >= 0.6 is 0 Å². The fraction of sp³-hybridized carbons (Fsp3) is 0.692. The SMILES string of the molecule is CC(=O)NC(C1=C(O)CC(C)(C)CC1=O)(C(F)(F)F)C(F)(F)F. The van der Waals surface area contributed by atoms with Gasteiger partial charge in [0, 0.05) is 19.8 Å². The number of hydrogen-bond acceptors (Lipinski definition) is 3. The van der Waals surface area contributed by atoms with Crippen molar-refractivity contribution in [2.24, 2.45) is 5.41 Å². The normalized spacial score (nSPS) is 19.8. The smallest absolute Gasteiger partial charge is 0.425 e. The lowest BCUT2D eigenvalue weighted by molar-refractivity contribution is -0.293. The quantitative estimate of drug-likeness (QED) is 0.754. The van der Waals surface area contributed by atoms with Crippen molar-refractivity contribution in [2.45, 2.75) is 51.5 Å². The lowest BCUT2D eigenvalue weighted by Crippen LogP contribution is -2.70. The number of amides is 1. The molecule has 4 nitrogen and oxygen atoms in total. The van der Waals surface area contributed by atoms with Crippen molar-refractivity contribution in [3.63, 3.8) is 0 Å². The highest BCUT2D eigenvalue weighted by Gasteiger charge is 2.75. The maximum atomic E-state index is 13.3. The molecular weight excluding hydrogens is 332 g/mol. The van der Waals surface area contributed by atoms with Gasteiger partial charge in [0.2, 0.25) is 5.91 Å². The highest BCUT2D eigenvalue weighted by molar-refractivity contribution is 6.00. The van der Waals surface area contributed by atoms with Crippen LogP contribution in [0.2, 0.25) is 0 Å². The molecule has 0 radical (unpaired) electrons. The van der Waals surface area contributed by atoms with Gasteiger partial charge < -0.3 is 10.4 Å². The molecule has 0 saturated carbocycles. The van der Waals surface area contributed by atoms with Crippen LogP contribution in [0.1, 0.15) is 33.6 Å². The highest BCUT2D eigenvalue weighted by Crippen LogP contribution is 2.51. The van der Waals surface area contributed by atoms with Crippen molar-refractivity contribution in [3.05, 3.63) is 11.3 Å². The van der Waals surface area contributed by atoms with Crippen LogP contribution in [-0.4, -0.2) is 34.7 Å². The van der Waals surface area contributed by atoms with E-state index in [-0.39, 0.29) is 0 Å². The Morgan fingerprint density at radius 2 is 1.52 bits per heavy atom. The maximum absolute atomic E-state index is 13.3. The summed E-state index contributed by atoms with van der Waals surface area (Å²) in [4.78, 5) is 23.0. The van der Waals surface area contributed by atoms with Gasteiger partial charge in [-0.3, -0.25) is 9.59 Å². The Morgan fingerprint density at radius 3 is 1.83 bits per heavy atom. The second-order valence-corrected chi connectivity index (χ2v) is 6.19. The summed E-state index contributed by atoms with van der Waals surface area (Å²) in [5.41, 5.74) is -7.81. The molecule has 0 spiro atoms. The van der Waals surface area contributed by atoms with Gasteiger partial charge in [-0.25, -0.2) is 0 Å². The predicted molar refractivity (Wildman–Crippen MR) is 66.3 cm³/mol. The Hall–Kier alpha value is -1.74. The van der Waals surface area contributed by atoms with Crippen LogP contribution in [0.25, 0.3) is 0 Å². The summed E-state index contributed by atoms with van der Waals surface area (Å²) in [5, 5.41) is 10.6. The number of hydrogen-bond donors (Lipinski definition) is 2. The number of carbonyl (C=O) groups excluding carboxylic acids is 2. The van der Waals surface area contributed by atoms with Gasteiger partial charge >= 0.3 is 12.4 Å². The molecule has 23 heavy (non-hydrogen) atoms. The van der Waals surface area contributed by atoms with E-state index in [2.05, 4.69) is 0 Å². The number of ketones is 1. The highest BCUT2D eigenvalue weighted by atomic mass is 19.4. The van der Waals surface area contributed by atoms with Crippen LogP contribution in [0, 0.1) is 5.41 Å². The first kappa shape index (κ1) is 19.3. The maximum Gasteiger partial charge on any atom is 0.425 e. The predicted octanol–water partition coefficient (Wildman–Crippen LogP) is 3.19. The van der Waals surface area contributed by atoms with E-state index >= 15 is 0 Å². The zero-order valence-corrected chi connectivity index (χ0v) is 12.4. The van der Waals surface area contributed by atoms with Crippen molar-refractivity contribution in [1.29, 1.82) is 0 Å². The molecule has 1 amide bonds. The van der Waals surface area contributed by atoms with Gasteiger partial charge in [-0.2, -0.15) is 26.3 Å². The van der Waals surface area contributed by atoms with Crippen LogP contribution < -0.4 is 5.32 Å². The molecule has 0 heterocycles. The Bertz CT molecular complexity index is 545. The number of alkyl halides is 6. The molecule has 0 atom stereocenters. The molecule has 10 heteroatoms. The van der Waals surface area contributed by atoms with Gasteiger partial charge in [0.1, 0.15) is 5.76 Å². The average Bonchev–Trinajstić information content (AvgIpc) is 2.20. The first-order valence-electron chi connectivity index (χ1n) is 6.43. The summed E-state index contributed by atoms with van der Waals surface area (Å²) in [7, 11) is 0. The first-order chi connectivity index (χ1) is 10.1. The molecule has 0 aliphatic heterocycles. The summed E-state index contributed by atoms with van der Waals surface area (Å²) in [6.07, 6.45) is -13.3. The number of aliphatic hydroxyl groups excluding tert-OH is 1. The lowest BCUT2D eigenvalue weighted by Gasteiger charge is -2.42. The van der Waals surface area contributed by atoms with E-state index in [0.29, 0.717) is 6.92 Å². The summed E-state index contributed by atoms with van der Waals surface area (Å²) < 4.78 is 79.9. The monoisotopic (exact) mass is 347 g/mol. The fourth-order valence-corrected chi connectivity index (χ4v) is 2.63. The third kappa shape index (κ3) is 3.30. The average molecular weight is 347 g/mol. The molecule has 1 aliphatic rings. The lowest BCUT2D eigenvalue weighted by atomic mass is 9.71. The van der Waals surface area contributed by atoms with Crippen molar-refractivity contribution >= 4 is 11.7 Å². The van der Waals surface area contributed by atoms with Crippen molar-refractivity contribution in [2.75, 3.05) is 0 Å². The van der Waals surface area contributed by atoms with Gasteiger partial charge in [0.15, 0.2) is 5.78 Å². The molecule has 0 bridgehead atoms. The van der Waals surface area contributed by atoms with Gasteiger partial charge in [0.05, 0.1) is 5.57 Å². The Balaban J connectivity index is 3.77. The molecular formula is C13H15F6NO3. The van der Waals surface area contributed by atoms with Crippen molar-refractivity contribution in [1.82, 2.24) is 5.32 Å². The Kier molecular flexibility index (Phi) is 4.54. The minimum absolute atomic E-state index is 0.459. The topological polar surface area (TPSA) is 66.4 Å². The standard InChI is InChI=1S/C13H15F6NO3/c1-6(21)20-11(12(14,15)16,13(17,18)19)9-7(22)4-10(2,3)5-8(9)23/h22H,4-5H2,1-3H3,(H,20,21). The minimum Gasteiger partial charge on any atom is -0.512 e. The van der Waals surface area contributed by atoms with E-state index in [1.54, 1.807) is 0 Å². The van der Waals surface area contributed by atoms with Gasteiger partial charge in [-0.05, 0) is 5.41 Å². The number of aliphatic hydroxyl groups is 1. The molecule has 1 rings (SSSR count). The third-order valence-corrected chi connectivity index (χ3v) is 3.44. The number of nitrogens with one attached hydrogen (secondary N) is 1. The fourth-order valence-electron chi connectivity index (χ4n) is 2.63. The summed E-state index contributed by atoms with van der Waals surface area (Å²) in [5.74, 6) is -4.48. The molecule has 1 aliphatic carbocycles. The van der Waals surface area contributed by atoms with Gasteiger partial charge in [0.25, 0.3) is 5.54 Å². The minimum atomic E-state index is -6.07. The van der Waals surface area contributed by atoms with E-state index in [4.69, 9.17) is 0 Å². The van der Waals surface area contributed by atoms with Crippen molar-refractivity contribution in [3.8, 4) is 0 Å². The van der Waals surface area contributed by atoms with E-state index in [1.807, 2.05) is 0 Å². The summed E-state index contributed by atoms with van der Waals surface area (Å²) in [6, 6.07) is 0. The molecule has 0 aromatic rings. The molecule has 0 aromatic carbocycles. The number of rotatable bonds is 2. The second-order valence-electron chi connectivity index (χ2n) is 6.19. The molecule has 2 N–H and O–H groups in total. The van der Waals surface area contributed by atoms with Crippen LogP contribution in [-0.2, 0) is 9.59 Å². The van der Waals surface area contributed by atoms with Crippen LogP contribution in [0.4, 0.5) is 26.3 Å². The zero-order valence-electron chi connectivity index (χ0n) is 12.4. The second kappa shape index (κ2) is 5.41. The first-order valence-corrected chi connectivity index (χ1v) is 6.43. The van der Waals surface area contributed by atoms with Crippen LogP contribution in [0.5, 0.6) is 0 Å². The number of allylic oxidation sites excluding steroid dienone is 1. The largest absolute Gasteiger partial charge is 0.512 e. The molecule has 132 valence electrons. The molecule has 0 fully saturated rings. The summed E-state index contributed by atoms with van der Waals surface area (Å²) in [6.45, 7) is 3.29. The number of carbonyl (C=O) groups is 2. The molecule has 0 unspecified atom stereocenters. The summed E-state index contributed by atoms with van der Waals surface area (Å²) >= 11 is 0. The van der Waals surface area contributed by atoms with E-state index in [1.165, 1.54) is 13.8 Å². The molecule has 0 saturated heterocycles.